The van der Waals surface area contributed by atoms with E-state index in [-0.39, 0.29) is 17.6 Å². The summed E-state index contributed by atoms with van der Waals surface area (Å²) in [5.41, 5.74) is 1.18. The maximum Gasteiger partial charge on any atom is 0.159 e. The molecule has 2 aromatic rings. The van der Waals surface area contributed by atoms with Crippen molar-refractivity contribution in [3.8, 4) is 0 Å². The van der Waals surface area contributed by atoms with Crippen molar-refractivity contribution in [1.29, 1.82) is 0 Å². The predicted octanol–water partition coefficient (Wildman–Crippen LogP) is 4.59. The Hall–Kier alpha value is -2.55. The van der Waals surface area contributed by atoms with Gasteiger partial charge in [-0.2, -0.15) is 0 Å². The van der Waals surface area contributed by atoms with Gasteiger partial charge in [-0.15, -0.1) is 0 Å². The van der Waals surface area contributed by atoms with Gasteiger partial charge in [0, 0.05) is 18.9 Å². The summed E-state index contributed by atoms with van der Waals surface area (Å²) < 4.78 is 10.7. The van der Waals surface area contributed by atoms with Crippen LogP contribution < -0.4 is 0 Å². The molecule has 0 unspecified atom stereocenters. The molecule has 0 aliphatic heterocycles. The molecule has 2 atom stereocenters. The minimum Gasteiger partial charge on any atom is -0.501 e. The third-order valence-electron chi connectivity index (χ3n) is 4.24. The van der Waals surface area contributed by atoms with Gasteiger partial charge in [0.05, 0.1) is 19.1 Å². The zero-order chi connectivity index (χ0) is 16.1. The molecular formula is C20H20O3. The summed E-state index contributed by atoms with van der Waals surface area (Å²) in [6.45, 7) is 0. The summed E-state index contributed by atoms with van der Waals surface area (Å²) in [6.07, 6.45) is 8.59. The van der Waals surface area contributed by atoms with Crippen LogP contribution in [0.15, 0.2) is 71.1 Å². The third-order valence-corrected chi connectivity index (χ3v) is 4.24. The standard InChI is InChI=1S/C20H20O3/c1-22-19-12-16(9-10-18-8-5-11-23-18)20(14-17(21)13-19)15-6-3-2-4-7-15/h2-11,13,16,20H,12,14H2,1H3/b10-9+/t16-,20-/m1/s1. The molecular weight excluding hydrogens is 288 g/mol. The van der Waals surface area contributed by atoms with Gasteiger partial charge < -0.3 is 9.15 Å². The number of rotatable bonds is 4. The van der Waals surface area contributed by atoms with Crippen LogP contribution in [-0.4, -0.2) is 12.9 Å². The number of ketones is 1. The fourth-order valence-corrected chi connectivity index (χ4v) is 3.05. The molecule has 1 aromatic carbocycles. The van der Waals surface area contributed by atoms with Crippen LogP contribution in [-0.2, 0) is 9.53 Å². The predicted molar refractivity (Wildman–Crippen MR) is 89.7 cm³/mol. The molecule has 0 amide bonds. The molecule has 1 aliphatic rings. The van der Waals surface area contributed by atoms with E-state index in [4.69, 9.17) is 9.15 Å². The first-order valence-corrected chi connectivity index (χ1v) is 7.80. The Morgan fingerprint density at radius 3 is 2.65 bits per heavy atom. The Morgan fingerprint density at radius 2 is 1.96 bits per heavy atom. The zero-order valence-corrected chi connectivity index (χ0v) is 13.1. The maximum atomic E-state index is 12.2. The highest BCUT2D eigenvalue weighted by Crippen LogP contribution is 2.36. The van der Waals surface area contributed by atoms with Crippen LogP contribution in [0, 0.1) is 5.92 Å². The number of hydrogen-bond donors (Lipinski definition) is 0. The molecule has 0 bridgehead atoms. The van der Waals surface area contributed by atoms with E-state index in [9.17, 15) is 4.79 Å². The normalized spacial score (nSPS) is 22.0. The minimum absolute atomic E-state index is 0.115. The molecule has 23 heavy (non-hydrogen) atoms. The Kier molecular flexibility index (Phi) is 4.77. The zero-order valence-electron chi connectivity index (χ0n) is 13.1. The molecule has 0 radical (unpaired) electrons. The van der Waals surface area contributed by atoms with Crippen molar-refractivity contribution in [3.63, 3.8) is 0 Å². The van der Waals surface area contributed by atoms with Gasteiger partial charge in [-0.3, -0.25) is 4.79 Å². The largest absolute Gasteiger partial charge is 0.501 e. The molecule has 0 spiro atoms. The van der Waals surface area contributed by atoms with Crippen molar-refractivity contribution in [3.05, 3.63) is 78.0 Å². The van der Waals surface area contributed by atoms with Crippen molar-refractivity contribution in [1.82, 2.24) is 0 Å². The number of benzene rings is 1. The van der Waals surface area contributed by atoms with E-state index in [1.54, 1.807) is 19.4 Å². The highest BCUT2D eigenvalue weighted by Gasteiger charge is 2.28. The molecule has 0 saturated heterocycles. The van der Waals surface area contributed by atoms with Gasteiger partial charge in [0.25, 0.3) is 0 Å². The fraction of sp³-hybridized carbons (Fsp3) is 0.250. The molecule has 0 fully saturated rings. The van der Waals surface area contributed by atoms with Crippen molar-refractivity contribution in [2.24, 2.45) is 5.92 Å². The topological polar surface area (TPSA) is 39.4 Å². The van der Waals surface area contributed by atoms with E-state index in [0.717, 1.165) is 11.5 Å². The Bertz CT molecular complexity index is 696. The van der Waals surface area contributed by atoms with E-state index < -0.39 is 0 Å². The van der Waals surface area contributed by atoms with Gasteiger partial charge >= 0.3 is 0 Å². The fourth-order valence-electron chi connectivity index (χ4n) is 3.05. The summed E-state index contributed by atoms with van der Waals surface area (Å²) in [7, 11) is 1.62. The van der Waals surface area contributed by atoms with E-state index in [2.05, 4.69) is 18.2 Å². The number of methoxy groups -OCH3 is 1. The van der Waals surface area contributed by atoms with E-state index in [1.165, 1.54) is 5.56 Å². The monoisotopic (exact) mass is 308 g/mol. The average molecular weight is 308 g/mol. The first-order chi connectivity index (χ1) is 11.3. The van der Waals surface area contributed by atoms with Crippen molar-refractivity contribution in [2.45, 2.75) is 18.8 Å². The second-order valence-electron chi connectivity index (χ2n) is 5.74. The Morgan fingerprint density at radius 1 is 1.13 bits per heavy atom. The molecule has 0 saturated carbocycles. The number of hydrogen-bond acceptors (Lipinski definition) is 3. The molecule has 3 heteroatoms. The third kappa shape index (κ3) is 3.81. The maximum absolute atomic E-state index is 12.2. The molecule has 1 heterocycles. The van der Waals surface area contributed by atoms with Gasteiger partial charge in [0.15, 0.2) is 5.78 Å². The summed E-state index contributed by atoms with van der Waals surface area (Å²) in [5.74, 6) is 1.99. The number of carbonyl (C=O) groups excluding carboxylic acids is 1. The lowest BCUT2D eigenvalue weighted by atomic mass is 9.81. The van der Waals surface area contributed by atoms with Gasteiger partial charge in [0.1, 0.15) is 5.76 Å². The summed E-state index contributed by atoms with van der Waals surface area (Å²) >= 11 is 0. The second-order valence-corrected chi connectivity index (χ2v) is 5.74. The van der Waals surface area contributed by atoms with Gasteiger partial charge in [-0.1, -0.05) is 36.4 Å². The van der Waals surface area contributed by atoms with Crippen LogP contribution in [0.1, 0.15) is 30.1 Å². The molecule has 0 N–H and O–H groups in total. The van der Waals surface area contributed by atoms with E-state index in [0.29, 0.717) is 12.8 Å². The van der Waals surface area contributed by atoms with Gasteiger partial charge in [0.2, 0.25) is 0 Å². The first-order valence-electron chi connectivity index (χ1n) is 7.80. The SMILES string of the molecule is COC1=CC(=O)C[C@H](c2ccccc2)[C@H](/C=C/c2ccco2)C1. The van der Waals surface area contributed by atoms with Crippen LogP contribution >= 0.6 is 0 Å². The summed E-state index contributed by atoms with van der Waals surface area (Å²) in [5, 5.41) is 0. The van der Waals surface area contributed by atoms with Crippen LogP contribution in [0.4, 0.5) is 0 Å². The highest BCUT2D eigenvalue weighted by atomic mass is 16.5. The molecule has 1 aliphatic carbocycles. The van der Waals surface area contributed by atoms with Crippen molar-refractivity contribution >= 4 is 11.9 Å². The van der Waals surface area contributed by atoms with Gasteiger partial charge in [-0.25, -0.2) is 0 Å². The Labute approximate surface area is 136 Å². The quantitative estimate of drug-likeness (QED) is 0.829. The lowest BCUT2D eigenvalue weighted by Gasteiger charge is -2.23. The van der Waals surface area contributed by atoms with Crippen molar-refractivity contribution < 1.29 is 13.9 Å². The highest BCUT2D eigenvalue weighted by molar-refractivity contribution is 5.91. The second kappa shape index (κ2) is 7.14. The van der Waals surface area contributed by atoms with Crippen molar-refractivity contribution in [2.75, 3.05) is 7.11 Å². The molecule has 118 valence electrons. The van der Waals surface area contributed by atoms with Crippen LogP contribution in [0.25, 0.3) is 6.08 Å². The number of furan rings is 1. The summed E-state index contributed by atoms with van der Waals surface area (Å²) in [4.78, 5) is 12.2. The summed E-state index contributed by atoms with van der Waals surface area (Å²) in [6, 6.07) is 14.0. The van der Waals surface area contributed by atoms with Gasteiger partial charge in [-0.05, 0) is 35.6 Å². The molecule has 1 aromatic heterocycles. The smallest absolute Gasteiger partial charge is 0.159 e. The molecule has 3 nitrogen and oxygen atoms in total. The molecule has 3 rings (SSSR count). The number of carbonyl (C=O) groups is 1. The van der Waals surface area contributed by atoms with Crippen LogP contribution in [0.2, 0.25) is 0 Å². The lowest BCUT2D eigenvalue weighted by molar-refractivity contribution is -0.115. The van der Waals surface area contributed by atoms with Crippen LogP contribution in [0.3, 0.4) is 0 Å². The number of ether oxygens (including phenoxy) is 1. The van der Waals surface area contributed by atoms with E-state index in [1.807, 2.05) is 36.4 Å². The van der Waals surface area contributed by atoms with E-state index >= 15 is 0 Å². The average Bonchev–Trinajstić information content (AvgIpc) is 3.04. The Balaban J connectivity index is 1.91. The van der Waals surface area contributed by atoms with Crippen LogP contribution in [0.5, 0.6) is 0 Å². The minimum atomic E-state index is 0.115. The lowest BCUT2D eigenvalue weighted by Crippen LogP contribution is -2.12. The number of allylic oxidation sites excluding steroid dienone is 3. The first kappa shape index (κ1) is 15.3.